The number of carbonyl (C=O) groups is 1. The molecule has 198 valence electrons. The second kappa shape index (κ2) is 11.8. The summed E-state index contributed by atoms with van der Waals surface area (Å²) in [7, 11) is 0. The number of hydrogen-bond acceptors (Lipinski definition) is 5. The number of benzene rings is 3. The number of aromatic nitrogens is 3. The summed E-state index contributed by atoms with van der Waals surface area (Å²) in [6.45, 7) is 2.18. The molecule has 5 rings (SSSR count). The number of fused-ring (bicyclic) bond motifs is 1. The summed E-state index contributed by atoms with van der Waals surface area (Å²) in [5.41, 5.74) is 4.41. The summed E-state index contributed by atoms with van der Waals surface area (Å²) in [4.78, 5) is 14.3. The molecule has 3 aromatic carbocycles. The zero-order chi connectivity index (χ0) is 27.5. The lowest BCUT2D eigenvalue weighted by Crippen LogP contribution is -2.33. The first-order valence-electron chi connectivity index (χ1n) is 12.1. The zero-order valence-electron chi connectivity index (χ0n) is 20.7. The lowest BCUT2D eigenvalue weighted by molar-refractivity contribution is 0.0951. The molecule has 11 heteroatoms. The van der Waals surface area contributed by atoms with Crippen LogP contribution in [0.15, 0.2) is 71.1 Å². The van der Waals surface area contributed by atoms with Crippen molar-refractivity contribution in [2.75, 3.05) is 5.32 Å². The molecule has 2 heterocycles. The second-order valence-corrected chi connectivity index (χ2v) is 10.4. The minimum Gasteiger partial charge on any atom is -0.451 e. The summed E-state index contributed by atoms with van der Waals surface area (Å²) < 4.78 is 5.68. The van der Waals surface area contributed by atoms with Gasteiger partial charge in [0, 0.05) is 10.6 Å². The topological polar surface area (TPSA) is 85.0 Å². The molecule has 1 amide bonds. The van der Waals surface area contributed by atoms with E-state index in [1.165, 1.54) is 11.6 Å². The molecule has 0 atom stereocenters. The first kappa shape index (κ1) is 27.1. The average molecular weight is 599 g/mol. The number of rotatable bonds is 7. The van der Waals surface area contributed by atoms with Crippen LogP contribution < -0.4 is 10.6 Å². The quantitative estimate of drug-likeness (QED) is 0.184. The molecule has 0 fully saturated rings. The number of carbonyl (C=O) groups excluding carboxylic acids is 1. The Hall–Kier alpha value is -3.43. The number of halogens is 3. The summed E-state index contributed by atoms with van der Waals surface area (Å²) in [6, 6.07) is 19.7. The van der Waals surface area contributed by atoms with Crippen LogP contribution in [0.3, 0.4) is 0 Å². The van der Waals surface area contributed by atoms with Gasteiger partial charge in [0.05, 0.1) is 21.4 Å². The number of thiocarbonyl (C=S) groups is 1. The van der Waals surface area contributed by atoms with E-state index in [1.54, 1.807) is 41.2 Å². The van der Waals surface area contributed by atoms with Gasteiger partial charge in [-0.2, -0.15) is 4.80 Å². The van der Waals surface area contributed by atoms with Crippen LogP contribution in [0.1, 0.15) is 35.9 Å². The van der Waals surface area contributed by atoms with Gasteiger partial charge in [0.25, 0.3) is 5.91 Å². The third kappa shape index (κ3) is 6.25. The van der Waals surface area contributed by atoms with E-state index in [9.17, 15) is 4.79 Å². The minimum absolute atomic E-state index is 0.0371. The van der Waals surface area contributed by atoms with E-state index < -0.39 is 5.91 Å². The van der Waals surface area contributed by atoms with E-state index in [2.05, 4.69) is 39.9 Å². The van der Waals surface area contributed by atoms with E-state index in [-0.39, 0.29) is 10.9 Å². The van der Waals surface area contributed by atoms with Crippen molar-refractivity contribution in [3.8, 4) is 17.0 Å². The number of hydrogen-bond donors (Lipinski definition) is 2. The minimum atomic E-state index is -0.539. The zero-order valence-corrected chi connectivity index (χ0v) is 23.8. The molecule has 0 saturated carbocycles. The summed E-state index contributed by atoms with van der Waals surface area (Å²) in [6.07, 6.45) is 3.35. The molecule has 2 aromatic heterocycles. The van der Waals surface area contributed by atoms with Crippen molar-refractivity contribution >= 4 is 74.8 Å². The van der Waals surface area contributed by atoms with E-state index in [0.29, 0.717) is 43.1 Å². The normalized spacial score (nSPS) is 11.1. The molecule has 39 heavy (non-hydrogen) atoms. The van der Waals surface area contributed by atoms with Gasteiger partial charge in [-0.15, -0.1) is 10.2 Å². The summed E-state index contributed by atoms with van der Waals surface area (Å²) >= 11 is 24.1. The van der Waals surface area contributed by atoms with E-state index >= 15 is 0 Å². The molecule has 0 bridgehead atoms. The predicted octanol–water partition coefficient (Wildman–Crippen LogP) is 8.11. The van der Waals surface area contributed by atoms with Gasteiger partial charge in [-0.25, -0.2) is 0 Å². The molecule has 2 N–H and O–H groups in total. The Bertz CT molecular complexity index is 1680. The maximum Gasteiger partial charge on any atom is 0.293 e. The summed E-state index contributed by atoms with van der Waals surface area (Å²) in [5, 5.41) is 16.0. The third-order valence-corrected chi connectivity index (χ3v) is 7.04. The average Bonchev–Trinajstić information content (AvgIpc) is 3.57. The van der Waals surface area contributed by atoms with Gasteiger partial charge < -0.3 is 9.73 Å². The Morgan fingerprint density at radius 3 is 2.44 bits per heavy atom. The van der Waals surface area contributed by atoms with Gasteiger partial charge in [-0.05, 0) is 85.2 Å². The Kier molecular flexibility index (Phi) is 8.18. The van der Waals surface area contributed by atoms with Crippen LogP contribution in [0.2, 0.25) is 15.1 Å². The maximum absolute atomic E-state index is 12.7. The van der Waals surface area contributed by atoms with Gasteiger partial charge in [0.15, 0.2) is 10.9 Å². The highest BCUT2D eigenvalue weighted by Gasteiger charge is 2.17. The van der Waals surface area contributed by atoms with E-state index in [1.807, 2.05) is 12.1 Å². The first-order valence-corrected chi connectivity index (χ1v) is 13.7. The number of nitrogens with zero attached hydrogens (tertiary/aromatic N) is 3. The molecule has 0 radical (unpaired) electrons. The molecular formula is C28H22Cl3N5O2S. The smallest absolute Gasteiger partial charge is 0.293 e. The van der Waals surface area contributed by atoms with Crippen molar-refractivity contribution in [3.63, 3.8) is 0 Å². The van der Waals surface area contributed by atoms with Gasteiger partial charge in [-0.3, -0.25) is 10.1 Å². The fourth-order valence-electron chi connectivity index (χ4n) is 3.94. The van der Waals surface area contributed by atoms with Crippen LogP contribution in [-0.4, -0.2) is 26.0 Å². The highest BCUT2D eigenvalue weighted by atomic mass is 35.5. The van der Waals surface area contributed by atoms with Gasteiger partial charge in [0.2, 0.25) is 0 Å². The Labute approximate surface area is 245 Å². The standard InChI is InChI=1S/C28H22Cl3N5O2S/c1-2-3-4-16-5-8-18(9-6-16)36-34-23-14-21(31)22(15-24(23)35-36)32-28(39)33-27(37)26-12-11-25(38-26)19-13-17(29)7-10-20(19)30/h5-15H,2-4H2,1H3,(H2,32,33,37,39). The SMILES string of the molecule is CCCCc1ccc(-n2nc3cc(Cl)c(NC(=S)NC(=O)c4ccc(-c5cc(Cl)ccc5Cl)o4)cc3n2)cc1. The monoisotopic (exact) mass is 597 g/mol. The number of aryl methyl sites for hydroxylation is 1. The van der Waals surface area contributed by atoms with Crippen LogP contribution in [0.5, 0.6) is 0 Å². The number of anilines is 1. The molecule has 0 spiro atoms. The maximum atomic E-state index is 12.7. The van der Waals surface area contributed by atoms with Crippen LogP contribution in [0.25, 0.3) is 28.0 Å². The van der Waals surface area contributed by atoms with Crippen molar-refractivity contribution in [1.82, 2.24) is 20.3 Å². The van der Waals surface area contributed by atoms with Crippen molar-refractivity contribution in [1.29, 1.82) is 0 Å². The number of furan rings is 1. The van der Waals surface area contributed by atoms with Crippen molar-refractivity contribution < 1.29 is 9.21 Å². The van der Waals surface area contributed by atoms with E-state index in [4.69, 9.17) is 51.4 Å². The van der Waals surface area contributed by atoms with Crippen LogP contribution in [0, 0.1) is 0 Å². The lowest BCUT2D eigenvalue weighted by atomic mass is 10.1. The molecule has 0 aliphatic carbocycles. The highest BCUT2D eigenvalue weighted by Crippen LogP contribution is 2.32. The number of nitrogens with one attached hydrogen (secondary N) is 2. The van der Waals surface area contributed by atoms with Crippen LogP contribution in [-0.2, 0) is 6.42 Å². The van der Waals surface area contributed by atoms with Crippen molar-refractivity contribution in [2.24, 2.45) is 0 Å². The second-order valence-electron chi connectivity index (χ2n) is 8.78. The van der Waals surface area contributed by atoms with Crippen molar-refractivity contribution in [3.05, 3.63) is 93.1 Å². The molecule has 5 aromatic rings. The first-order chi connectivity index (χ1) is 18.8. The van der Waals surface area contributed by atoms with Gasteiger partial charge >= 0.3 is 0 Å². The number of unbranched alkanes of at least 4 members (excludes halogenated alkanes) is 1. The highest BCUT2D eigenvalue weighted by molar-refractivity contribution is 7.80. The fourth-order valence-corrected chi connectivity index (χ4v) is 4.73. The molecule has 0 aliphatic heterocycles. The van der Waals surface area contributed by atoms with Gasteiger partial charge in [-0.1, -0.05) is 60.3 Å². The molecular weight excluding hydrogens is 577 g/mol. The largest absolute Gasteiger partial charge is 0.451 e. The Morgan fingerprint density at radius 2 is 1.69 bits per heavy atom. The van der Waals surface area contributed by atoms with Crippen LogP contribution >= 0.6 is 47.0 Å². The lowest BCUT2D eigenvalue weighted by Gasteiger charge is -2.10. The summed E-state index contributed by atoms with van der Waals surface area (Å²) in [5.74, 6) is -0.0865. The number of amides is 1. The Balaban J connectivity index is 1.27. The van der Waals surface area contributed by atoms with Gasteiger partial charge in [0.1, 0.15) is 16.8 Å². The molecule has 7 nitrogen and oxygen atoms in total. The predicted molar refractivity (Wildman–Crippen MR) is 160 cm³/mol. The third-order valence-electron chi connectivity index (χ3n) is 5.95. The van der Waals surface area contributed by atoms with Crippen molar-refractivity contribution in [2.45, 2.75) is 26.2 Å². The molecule has 0 aliphatic rings. The fraction of sp³-hybridized carbons (Fsp3) is 0.143. The Morgan fingerprint density at radius 1 is 0.949 bits per heavy atom. The van der Waals surface area contributed by atoms with E-state index in [0.717, 1.165) is 24.9 Å². The molecule has 0 unspecified atom stereocenters. The molecule has 0 saturated heterocycles. The van der Waals surface area contributed by atoms with Crippen LogP contribution in [0.4, 0.5) is 5.69 Å².